The minimum atomic E-state index is 0.0719. The summed E-state index contributed by atoms with van der Waals surface area (Å²) >= 11 is 0. The van der Waals surface area contributed by atoms with Gasteiger partial charge in [0.15, 0.2) is 5.82 Å². The molecule has 0 fully saturated rings. The molecule has 0 aliphatic rings. The number of benzene rings is 1. The van der Waals surface area contributed by atoms with Gasteiger partial charge in [-0.1, -0.05) is 38.1 Å². The van der Waals surface area contributed by atoms with Crippen molar-refractivity contribution in [1.29, 1.82) is 0 Å². The summed E-state index contributed by atoms with van der Waals surface area (Å²) in [5.41, 5.74) is 10.9. The normalized spacial score (nSPS) is 12.5. The van der Waals surface area contributed by atoms with Gasteiger partial charge in [-0.25, -0.2) is 9.97 Å². The lowest BCUT2D eigenvalue weighted by Crippen LogP contribution is -2.24. The van der Waals surface area contributed by atoms with E-state index in [1.165, 1.54) is 11.1 Å². The summed E-state index contributed by atoms with van der Waals surface area (Å²) in [4.78, 5) is 13.3. The molecule has 0 saturated carbocycles. The Morgan fingerprint density at radius 2 is 1.69 bits per heavy atom. The van der Waals surface area contributed by atoms with Crippen molar-refractivity contribution >= 4 is 16.9 Å². The average Bonchev–Trinajstić information content (AvgIpc) is 2.67. The largest absolute Gasteiger partial charge is 0.360 e. The van der Waals surface area contributed by atoms with Crippen LogP contribution in [0.4, 0.5) is 5.82 Å². The average molecular weight is 350 g/mol. The highest BCUT2D eigenvalue weighted by Gasteiger charge is 2.15. The molecule has 0 radical (unpaired) electrons. The molecule has 0 bridgehead atoms. The van der Waals surface area contributed by atoms with E-state index in [2.05, 4.69) is 63.7 Å². The first-order valence-corrected chi connectivity index (χ1v) is 8.93. The fourth-order valence-corrected chi connectivity index (χ4v) is 3.02. The maximum Gasteiger partial charge on any atom is 0.156 e. The molecule has 6 heteroatoms. The highest BCUT2D eigenvalue weighted by Crippen LogP contribution is 2.25. The van der Waals surface area contributed by atoms with Crippen LogP contribution >= 0.6 is 0 Å². The van der Waals surface area contributed by atoms with Crippen LogP contribution in [0.2, 0.25) is 0 Å². The molecule has 136 valence electrons. The Kier molecular flexibility index (Phi) is 5.75. The van der Waals surface area contributed by atoms with Gasteiger partial charge in [0.2, 0.25) is 0 Å². The lowest BCUT2D eigenvalue weighted by molar-refractivity contribution is 0.686. The highest BCUT2D eigenvalue weighted by molar-refractivity contribution is 5.87. The second kappa shape index (κ2) is 8.21. The Morgan fingerprint density at radius 1 is 0.962 bits per heavy atom. The van der Waals surface area contributed by atoms with Crippen LogP contribution in [0.25, 0.3) is 11.0 Å². The van der Waals surface area contributed by atoms with Crippen LogP contribution in [0.1, 0.15) is 42.5 Å². The molecule has 6 nitrogen and oxygen atoms in total. The second-order valence-corrected chi connectivity index (χ2v) is 6.67. The molecule has 0 saturated heterocycles. The third-order valence-corrected chi connectivity index (χ3v) is 4.55. The zero-order valence-electron chi connectivity index (χ0n) is 15.5. The maximum atomic E-state index is 5.83. The molecule has 3 aromatic rings. The van der Waals surface area contributed by atoms with Crippen LogP contribution in [-0.4, -0.2) is 28.5 Å². The van der Waals surface area contributed by atoms with Gasteiger partial charge < -0.3 is 16.4 Å². The van der Waals surface area contributed by atoms with Crippen molar-refractivity contribution in [1.82, 2.24) is 20.3 Å². The SMILES string of the molecule is CNC[C@@H](Nc1ncnc2c(CN)ccnc12)c1ccc(C(C)C)cc1. The Hall–Kier alpha value is -2.57. The fourth-order valence-electron chi connectivity index (χ4n) is 3.02. The predicted octanol–water partition coefficient (Wildman–Crippen LogP) is 2.98. The lowest BCUT2D eigenvalue weighted by Gasteiger charge is -2.21. The van der Waals surface area contributed by atoms with Gasteiger partial charge in [-0.15, -0.1) is 0 Å². The first-order chi connectivity index (χ1) is 12.6. The highest BCUT2D eigenvalue weighted by atomic mass is 15.1. The molecule has 0 unspecified atom stereocenters. The molecule has 0 aliphatic heterocycles. The van der Waals surface area contributed by atoms with E-state index in [0.717, 1.165) is 29.0 Å². The van der Waals surface area contributed by atoms with E-state index in [-0.39, 0.29) is 6.04 Å². The van der Waals surface area contributed by atoms with Crippen molar-refractivity contribution < 1.29 is 0 Å². The van der Waals surface area contributed by atoms with Gasteiger partial charge in [-0.3, -0.25) is 4.98 Å². The van der Waals surface area contributed by atoms with Crippen LogP contribution in [0.5, 0.6) is 0 Å². The smallest absolute Gasteiger partial charge is 0.156 e. The van der Waals surface area contributed by atoms with Gasteiger partial charge in [0.25, 0.3) is 0 Å². The third-order valence-electron chi connectivity index (χ3n) is 4.55. The zero-order chi connectivity index (χ0) is 18.5. The van der Waals surface area contributed by atoms with Crippen molar-refractivity contribution in [3.8, 4) is 0 Å². The number of rotatable bonds is 7. The Morgan fingerprint density at radius 3 is 2.35 bits per heavy atom. The van der Waals surface area contributed by atoms with Gasteiger partial charge in [-0.2, -0.15) is 0 Å². The standard InChI is InChI=1S/C20H26N6/c1-13(2)14-4-6-15(7-5-14)17(11-22-3)26-20-19-18(24-12-25-20)16(10-21)8-9-23-19/h4-9,12-13,17,22H,10-11,21H2,1-3H3,(H,24,25,26)/t17-/m1/s1. The summed E-state index contributed by atoms with van der Waals surface area (Å²) in [5, 5.41) is 6.77. The summed E-state index contributed by atoms with van der Waals surface area (Å²) < 4.78 is 0. The number of likely N-dealkylation sites (N-methyl/N-ethyl adjacent to an activating group) is 1. The fraction of sp³-hybridized carbons (Fsp3) is 0.350. The summed E-state index contributed by atoms with van der Waals surface area (Å²) in [6.45, 7) is 5.59. The van der Waals surface area contributed by atoms with E-state index in [4.69, 9.17) is 5.73 Å². The van der Waals surface area contributed by atoms with E-state index in [1.807, 2.05) is 13.1 Å². The van der Waals surface area contributed by atoms with E-state index in [0.29, 0.717) is 12.5 Å². The maximum absolute atomic E-state index is 5.83. The number of pyridine rings is 1. The summed E-state index contributed by atoms with van der Waals surface area (Å²) in [7, 11) is 1.94. The van der Waals surface area contributed by atoms with E-state index < -0.39 is 0 Å². The number of hydrogen-bond donors (Lipinski definition) is 3. The monoisotopic (exact) mass is 350 g/mol. The van der Waals surface area contributed by atoms with E-state index in [1.54, 1.807) is 12.5 Å². The first kappa shape index (κ1) is 18.2. The van der Waals surface area contributed by atoms with Crippen molar-refractivity contribution in [2.75, 3.05) is 18.9 Å². The molecule has 26 heavy (non-hydrogen) atoms. The van der Waals surface area contributed by atoms with E-state index in [9.17, 15) is 0 Å². The molecule has 3 rings (SSSR count). The van der Waals surface area contributed by atoms with Crippen LogP contribution < -0.4 is 16.4 Å². The molecule has 1 aromatic carbocycles. The first-order valence-electron chi connectivity index (χ1n) is 8.93. The van der Waals surface area contributed by atoms with Crippen LogP contribution in [0, 0.1) is 0 Å². The Labute approximate surface area is 154 Å². The Balaban J connectivity index is 1.94. The number of fused-ring (bicyclic) bond motifs is 1. The van der Waals surface area contributed by atoms with Crippen molar-refractivity contribution in [3.05, 3.63) is 59.5 Å². The molecule has 4 N–H and O–H groups in total. The molecule has 1 atom stereocenters. The number of nitrogens with one attached hydrogen (secondary N) is 2. The molecule has 0 amide bonds. The molecule has 0 aliphatic carbocycles. The summed E-state index contributed by atoms with van der Waals surface area (Å²) in [6, 6.07) is 10.7. The number of aromatic nitrogens is 3. The van der Waals surface area contributed by atoms with Gasteiger partial charge in [0.05, 0.1) is 11.6 Å². The summed E-state index contributed by atoms with van der Waals surface area (Å²) in [5.74, 6) is 1.24. The number of hydrogen-bond acceptors (Lipinski definition) is 6. The number of nitrogens with zero attached hydrogens (tertiary/aromatic N) is 3. The molecular weight excluding hydrogens is 324 g/mol. The van der Waals surface area contributed by atoms with Gasteiger partial charge >= 0.3 is 0 Å². The van der Waals surface area contributed by atoms with Crippen LogP contribution in [-0.2, 0) is 6.54 Å². The van der Waals surface area contributed by atoms with Crippen LogP contribution in [0.15, 0.2) is 42.9 Å². The zero-order valence-corrected chi connectivity index (χ0v) is 15.5. The quantitative estimate of drug-likeness (QED) is 0.607. The Bertz CT molecular complexity index is 860. The van der Waals surface area contributed by atoms with Crippen molar-refractivity contribution in [3.63, 3.8) is 0 Å². The number of nitrogens with two attached hydrogens (primary N) is 1. The van der Waals surface area contributed by atoms with Gasteiger partial charge in [-0.05, 0) is 35.7 Å². The van der Waals surface area contributed by atoms with Crippen molar-refractivity contribution in [2.24, 2.45) is 5.73 Å². The number of anilines is 1. The van der Waals surface area contributed by atoms with E-state index >= 15 is 0 Å². The minimum absolute atomic E-state index is 0.0719. The molecule has 2 aromatic heterocycles. The van der Waals surface area contributed by atoms with Crippen molar-refractivity contribution in [2.45, 2.75) is 32.4 Å². The topological polar surface area (TPSA) is 88.8 Å². The predicted molar refractivity (Wildman–Crippen MR) is 106 cm³/mol. The third kappa shape index (κ3) is 3.81. The minimum Gasteiger partial charge on any atom is -0.360 e. The summed E-state index contributed by atoms with van der Waals surface area (Å²) in [6.07, 6.45) is 3.31. The molecular formula is C20H26N6. The van der Waals surface area contributed by atoms with Gasteiger partial charge in [0, 0.05) is 19.3 Å². The molecule has 0 spiro atoms. The lowest BCUT2D eigenvalue weighted by atomic mass is 9.99. The van der Waals surface area contributed by atoms with Gasteiger partial charge in [0.1, 0.15) is 11.8 Å². The second-order valence-electron chi connectivity index (χ2n) is 6.67. The molecule has 2 heterocycles. The van der Waals surface area contributed by atoms with Crippen LogP contribution in [0.3, 0.4) is 0 Å².